The first-order valence-electron chi connectivity index (χ1n) is 14.4. The lowest BCUT2D eigenvalue weighted by molar-refractivity contribution is -0.119. The zero-order chi connectivity index (χ0) is 29.3. The molecule has 1 N–H and O–H groups in total. The normalized spacial score (nSPS) is 24.5. The topological polar surface area (TPSA) is 105 Å². The molecule has 0 saturated heterocycles. The number of benzene rings is 3. The van der Waals surface area contributed by atoms with Gasteiger partial charge in [0.05, 0.1) is 23.7 Å². The number of hydrogen-bond acceptors (Lipinski definition) is 6. The predicted molar refractivity (Wildman–Crippen MR) is 162 cm³/mol. The molecule has 0 heterocycles. The first-order valence-corrected chi connectivity index (χ1v) is 16.3. The van der Waals surface area contributed by atoms with Crippen LogP contribution in [0, 0.1) is 17.8 Å². The van der Waals surface area contributed by atoms with Crippen molar-refractivity contribution in [3.05, 3.63) is 95.6 Å². The summed E-state index contributed by atoms with van der Waals surface area (Å²) in [6.07, 6.45) is 10.3. The molecule has 1 amide bonds. The molecule has 0 aromatic heterocycles. The van der Waals surface area contributed by atoms with Crippen LogP contribution >= 0.6 is 0 Å². The smallest absolute Gasteiger partial charge is 0.343 e. The van der Waals surface area contributed by atoms with Crippen molar-refractivity contribution in [1.82, 2.24) is 5.43 Å². The van der Waals surface area contributed by atoms with Crippen molar-refractivity contribution in [3.8, 4) is 5.75 Å². The van der Waals surface area contributed by atoms with Gasteiger partial charge >= 0.3 is 5.97 Å². The van der Waals surface area contributed by atoms with Crippen molar-refractivity contribution in [2.45, 2.75) is 43.9 Å². The van der Waals surface area contributed by atoms with Gasteiger partial charge in [-0.05, 0) is 121 Å². The van der Waals surface area contributed by atoms with Gasteiger partial charge in [0.1, 0.15) is 12.3 Å². The lowest BCUT2D eigenvalue weighted by Gasteiger charge is -2.57. The van der Waals surface area contributed by atoms with E-state index in [-0.39, 0.29) is 12.0 Å². The number of sulfonamides is 1. The van der Waals surface area contributed by atoms with Gasteiger partial charge in [-0.2, -0.15) is 5.10 Å². The quantitative estimate of drug-likeness (QED) is 0.159. The van der Waals surface area contributed by atoms with Crippen molar-refractivity contribution < 1.29 is 22.7 Å². The zero-order valence-corrected chi connectivity index (χ0v) is 24.4. The van der Waals surface area contributed by atoms with Crippen LogP contribution in [0.5, 0.6) is 5.75 Å². The van der Waals surface area contributed by atoms with Crippen LogP contribution in [0.25, 0.3) is 0 Å². The monoisotopic (exact) mass is 585 g/mol. The van der Waals surface area contributed by atoms with Gasteiger partial charge in [0.15, 0.2) is 0 Å². The van der Waals surface area contributed by atoms with Crippen molar-refractivity contribution in [3.63, 3.8) is 0 Å². The van der Waals surface area contributed by atoms with Crippen LogP contribution in [0.2, 0.25) is 0 Å². The molecule has 218 valence electrons. The van der Waals surface area contributed by atoms with Gasteiger partial charge in [0, 0.05) is 0 Å². The molecule has 8 nitrogen and oxygen atoms in total. The SMILES string of the molecule is CS(=O)(=O)N(CC(=O)N/N=C\c1ccc(OC(=O)c2ccccc2)cc1)c1ccc(C23CC4CC(CC(C4)C2)C3)cc1. The molecule has 9 heteroatoms. The number of carbonyl (C=O) groups excluding carboxylic acids is 2. The highest BCUT2D eigenvalue weighted by atomic mass is 32.2. The Hall–Kier alpha value is -3.98. The Morgan fingerprint density at radius 2 is 1.50 bits per heavy atom. The third-order valence-electron chi connectivity index (χ3n) is 9.00. The van der Waals surface area contributed by atoms with E-state index in [0.717, 1.165) is 28.3 Å². The summed E-state index contributed by atoms with van der Waals surface area (Å²) in [5, 5.41) is 3.97. The number of nitrogens with zero attached hydrogens (tertiary/aromatic N) is 2. The molecule has 3 aromatic carbocycles. The fourth-order valence-electron chi connectivity index (χ4n) is 7.55. The Balaban J connectivity index is 1.06. The lowest BCUT2D eigenvalue weighted by Crippen LogP contribution is -2.48. The standard InChI is InChI=1S/C33H35N3O5S/c1-42(39,40)36(29-11-9-28(10-12-29)33-18-24-15-25(19-33)17-26(16-24)20-33)22-31(37)35-34-21-23-7-13-30(14-8-23)41-32(38)27-5-3-2-4-6-27/h2-14,21,24-26H,15-20,22H2,1H3,(H,35,37)/b34-21-. The number of ether oxygens (including phenoxy) is 1. The van der Waals surface area contributed by atoms with E-state index < -0.39 is 21.9 Å². The van der Waals surface area contributed by atoms with E-state index in [2.05, 4.69) is 22.7 Å². The minimum atomic E-state index is -3.70. The number of carbonyl (C=O) groups is 2. The van der Waals surface area contributed by atoms with E-state index in [1.165, 1.54) is 50.3 Å². The second kappa shape index (κ2) is 11.4. The van der Waals surface area contributed by atoms with Crippen molar-refractivity contribution in [2.75, 3.05) is 17.1 Å². The maximum Gasteiger partial charge on any atom is 0.343 e. The van der Waals surface area contributed by atoms with Crippen LogP contribution in [-0.2, 0) is 20.2 Å². The van der Waals surface area contributed by atoms with E-state index in [4.69, 9.17) is 4.74 Å². The largest absolute Gasteiger partial charge is 0.423 e. The van der Waals surface area contributed by atoms with E-state index >= 15 is 0 Å². The first-order chi connectivity index (χ1) is 20.2. The second-order valence-corrected chi connectivity index (χ2v) is 14.0. The summed E-state index contributed by atoms with van der Waals surface area (Å²) in [5.41, 5.74) is 5.51. The fourth-order valence-corrected chi connectivity index (χ4v) is 8.41. The highest BCUT2D eigenvalue weighted by Gasteiger charge is 2.51. The predicted octanol–water partition coefficient (Wildman–Crippen LogP) is 5.29. The van der Waals surface area contributed by atoms with Gasteiger partial charge in [0.25, 0.3) is 5.91 Å². The average molecular weight is 586 g/mol. The van der Waals surface area contributed by atoms with Gasteiger partial charge in [-0.3, -0.25) is 9.10 Å². The summed E-state index contributed by atoms with van der Waals surface area (Å²) in [7, 11) is -3.70. The van der Waals surface area contributed by atoms with Crippen molar-refractivity contribution in [1.29, 1.82) is 0 Å². The third kappa shape index (κ3) is 6.11. The van der Waals surface area contributed by atoms with Crippen molar-refractivity contribution >= 4 is 33.8 Å². The Morgan fingerprint density at radius 3 is 2.07 bits per heavy atom. The van der Waals surface area contributed by atoms with E-state index in [1.807, 2.05) is 18.2 Å². The summed E-state index contributed by atoms with van der Waals surface area (Å²) in [6, 6.07) is 23.1. The summed E-state index contributed by atoms with van der Waals surface area (Å²) in [6.45, 7) is -0.388. The van der Waals surface area contributed by atoms with Gasteiger partial charge < -0.3 is 4.74 Å². The Labute approximate surface area is 246 Å². The Bertz CT molecular complexity index is 1550. The van der Waals surface area contributed by atoms with Crippen LogP contribution < -0.4 is 14.5 Å². The lowest BCUT2D eigenvalue weighted by atomic mass is 9.48. The number of hydrogen-bond donors (Lipinski definition) is 1. The van der Waals surface area contributed by atoms with Gasteiger partial charge in [-0.1, -0.05) is 30.3 Å². The van der Waals surface area contributed by atoms with Gasteiger partial charge in [0.2, 0.25) is 10.0 Å². The number of esters is 1. The van der Waals surface area contributed by atoms with Crippen LogP contribution in [0.1, 0.15) is 60.0 Å². The number of anilines is 1. The molecular formula is C33H35N3O5S. The molecule has 0 radical (unpaired) electrons. The zero-order valence-electron chi connectivity index (χ0n) is 23.6. The molecule has 3 aromatic rings. The van der Waals surface area contributed by atoms with E-state index in [1.54, 1.807) is 48.5 Å². The number of rotatable bonds is 9. The molecule has 4 aliphatic carbocycles. The third-order valence-corrected chi connectivity index (χ3v) is 10.1. The Morgan fingerprint density at radius 1 is 0.905 bits per heavy atom. The molecule has 0 aliphatic heterocycles. The van der Waals surface area contributed by atoms with Crippen LogP contribution in [-0.4, -0.2) is 39.3 Å². The van der Waals surface area contributed by atoms with Crippen molar-refractivity contribution in [2.24, 2.45) is 22.9 Å². The molecule has 4 saturated carbocycles. The molecular weight excluding hydrogens is 550 g/mol. The first kappa shape index (κ1) is 28.2. The molecule has 0 unspecified atom stereocenters. The number of hydrazone groups is 1. The summed E-state index contributed by atoms with van der Waals surface area (Å²) < 4.78 is 31.8. The molecule has 7 rings (SSSR count). The highest BCUT2D eigenvalue weighted by molar-refractivity contribution is 7.92. The second-order valence-electron chi connectivity index (χ2n) is 12.1. The van der Waals surface area contributed by atoms with E-state index in [9.17, 15) is 18.0 Å². The molecule has 0 atom stereocenters. The van der Waals surface area contributed by atoms with Crippen LogP contribution in [0.3, 0.4) is 0 Å². The Kier molecular flexibility index (Phi) is 7.62. The maximum absolute atomic E-state index is 12.7. The summed E-state index contributed by atoms with van der Waals surface area (Å²) in [4.78, 5) is 24.9. The maximum atomic E-state index is 12.7. The van der Waals surface area contributed by atoms with Gasteiger partial charge in [-0.15, -0.1) is 0 Å². The van der Waals surface area contributed by atoms with E-state index in [0.29, 0.717) is 22.6 Å². The highest BCUT2D eigenvalue weighted by Crippen LogP contribution is 2.60. The number of nitrogens with one attached hydrogen (secondary N) is 1. The van der Waals surface area contributed by atoms with Crippen LogP contribution in [0.4, 0.5) is 5.69 Å². The number of amides is 1. The summed E-state index contributed by atoms with van der Waals surface area (Å²) >= 11 is 0. The van der Waals surface area contributed by atoms with Crippen LogP contribution in [0.15, 0.2) is 84.0 Å². The minimum Gasteiger partial charge on any atom is -0.423 e. The average Bonchev–Trinajstić information content (AvgIpc) is 2.96. The molecule has 42 heavy (non-hydrogen) atoms. The molecule has 4 fully saturated rings. The fraction of sp³-hybridized carbons (Fsp3) is 0.364. The molecule has 4 bridgehead atoms. The molecule has 4 aliphatic rings. The minimum absolute atomic E-state index is 0.219. The molecule has 0 spiro atoms. The summed E-state index contributed by atoms with van der Waals surface area (Å²) in [5.74, 6) is 1.83. The van der Waals surface area contributed by atoms with Gasteiger partial charge in [-0.25, -0.2) is 18.6 Å².